The van der Waals surface area contributed by atoms with Gasteiger partial charge in [-0.1, -0.05) is 24.3 Å². The molecule has 0 spiro atoms. The van der Waals surface area contributed by atoms with Gasteiger partial charge in [-0.2, -0.15) is 10.1 Å². The van der Waals surface area contributed by atoms with Crippen molar-refractivity contribution in [3.63, 3.8) is 0 Å². The number of rotatable bonds is 6. The van der Waals surface area contributed by atoms with E-state index in [1.54, 1.807) is 34.8 Å². The van der Waals surface area contributed by atoms with E-state index in [-0.39, 0.29) is 6.04 Å². The van der Waals surface area contributed by atoms with E-state index in [0.29, 0.717) is 23.2 Å². The van der Waals surface area contributed by atoms with E-state index in [1.807, 2.05) is 65.3 Å². The van der Waals surface area contributed by atoms with Crippen LogP contribution in [0.3, 0.4) is 0 Å². The summed E-state index contributed by atoms with van der Waals surface area (Å²) in [6, 6.07) is 19.5. The molecule has 0 saturated heterocycles. The van der Waals surface area contributed by atoms with Crippen LogP contribution in [0.5, 0.6) is 28.7 Å². The minimum Gasteiger partial charge on any atom is -0.497 e. The second-order valence-corrected chi connectivity index (χ2v) is 8.61. The number of para-hydroxylation sites is 1. The molecule has 0 saturated carbocycles. The molecule has 2 atom stereocenters. The molecule has 0 amide bonds. The Morgan fingerprint density at radius 2 is 1.57 bits per heavy atom. The molecule has 6 rings (SSSR count). The third-order valence-corrected chi connectivity index (χ3v) is 6.74. The lowest BCUT2D eigenvalue weighted by Crippen LogP contribution is -2.32. The molecule has 1 aromatic heterocycles. The third kappa shape index (κ3) is 3.62. The number of benzene rings is 3. The fourth-order valence-electron chi connectivity index (χ4n) is 5.05. The molecule has 0 unspecified atom stereocenters. The first-order valence-corrected chi connectivity index (χ1v) is 11.8. The Kier molecular flexibility index (Phi) is 5.60. The van der Waals surface area contributed by atoms with Crippen LogP contribution in [-0.2, 0) is 0 Å². The van der Waals surface area contributed by atoms with Crippen LogP contribution in [0.2, 0.25) is 0 Å². The van der Waals surface area contributed by atoms with E-state index in [4.69, 9.17) is 23.7 Å². The molecule has 9 heteroatoms. The highest BCUT2D eigenvalue weighted by atomic mass is 16.5. The van der Waals surface area contributed by atoms with Gasteiger partial charge in [-0.3, -0.25) is 0 Å². The number of ether oxygens (including phenoxy) is 5. The zero-order valence-electron chi connectivity index (χ0n) is 20.9. The van der Waals surface area contributed by atoms with Crippen molar-refractivity contribution in [3.05, 3.63) is 89.3 Å². The van der Waals surface area contributed by atoms with Crippen LogP contribution < -0.4 is 29.0 Å². The zero-order chi connectivity index (χ0) is 25.5. The molecule has 37 heavy (non-hydrogen) atoms. The van der Waals surface area contributed by atoms with Gasteiger partial charge in [0.15, 0.2) is 11.5 Å². The third-order valence-electron chi connectivity index (χ3n) is 6.74. The van der Waals surface area contributed by atoms with Gasteiger partial charge in [0.2, 0.25) is 11.7 Å². The standard InChI is InChI=1S/C28H26N4O5/c1-33-18-11-9-16(10-12-18)25-23-24(31-28-29-15-30-32(25)28)19-7-5-6-8-20(19)37-26(23)17-13-21(34-2)27(36-4)22(14-17)35-3/h5-15,25-26H,1-4H3,(H,29,30,31)/t25-,26-/m0/s1. The number of nitrogens with one attached hydrogen (secondary N) is 1. The fourth-order valence-corrected chi connectivity index (χ4v) is 5.05. The molecular weight excluding hydrogens is 472 g/mol. The van der Waals surface area contributed by atoms with E-state index in [1.165, 1.54) is 0 Å². The maximum atomic E-state index is 6.71. The summed E-state index contributed by atoms with van der Waals surface area (Å²) in [6.45, 7) is 0. The summed E-state index contributed by atoms with van der Waals surface area (Å²) in [5.74, 6) is 3.80. The van der Waals surface area contributed by atoms with Crippen LogP contribution in [0.15, 0.2) is 72.6 Å². The van der Waals surface area contributed by atoms with Crippen LogP contribution in [0.1, 0.15) is 28.8 Å². The summed E-state index contributed by atoms with van der Waals surface area (Å²) in [5.41, 5.74) is 4.73. The monoisotopic (exact) mass is 498 g/mol. The molecule has 4 aromatic rings. The number of hydrogen-bond donors (Lipinski definition) is 1. The topological polar surface area (TPSA) is 88.9 Å². The van der Waals surface area contributed by atoms with Gasteiger partial charge in [0.05, 0.1) is 34.1 Å². The molecular formula is C28H26N4O5. The summed E-state index contributed by atoms with van der Waals surface area (Å²) in [5, 5.41) is 8.09. The van der Waals surface area contributed by atoms with Crippen LogP contribution in [0, 0.1) is 0 Å². The second kappa shape index (κ2) is 9.09. The number of nitrogens with zero attached hydrogens (tertiary/aromatic N) is 3. The van der Waals surface area contributed by atoms with Gasteiger partial charge < -0.3 is 29.0 Å². The second-order valence-electron chi connectivity index (χ2n) is 8.61. The van der Waals surface area contributed by atoms with Gasteiger partial charge in [0, 0.05) is 16.7 Å². The highest BCUT2D eigenvalue weighted by molar-refractivity contribution is 5.85. The first kappa shape index (κ1) is 22.8. The Bertz CT molecular complexity index is 1470. The molecule has 3 aromatic carbocycles. The molecule has 0 bridgehead atoms. The van der Waals surface area contributed by atoms with Gasteiger partial charge in [0.1, 0.15) is 30.0 Å². The SMILES string of the molecule is COc1ccc([C@H]2C3=C(Nc4ncnn42)c2ccccc2O[C@H]3c2cc(OC)c(OC)c(OC)c2)cc1. The van der Waals surface area contributed by atoms with Crippen molar-refractivity contribution < 1.29 is 23.7 Å². The quantitative estimate of drug-likeness (QED) is 0.403. The Morgan fingerprint density at radius 1 is 0.838 bits per heavy atom. The molecule has 0 fully saturated rings. The first-order chi connectivity index (χ1) is 18.2. The average molecular weight is 499 g/mol. The minimum atomic E-state index is -0.490. The Morgan fingerprint density at radius 3 is 2.24 bits per heavy atom. The van der Waals surface area contributed by atoms with Crippen molar-refractivity contribution in [2.75, 3.05) is 33.8 Å². The lowest BCUT2D eigenvalue weighted by Gasteiger charge is -2.39. The van der Waals surface area contributed by atoms with Crippen molar-refractivity contribution in [1.29, 1.82) is 0 Å². The highest BCUT2D eigenvalue weighted by Crippen LogP contribution is 2.52. The zero-order valence-corrected chi connectivity index (χ0v) is 20.9. The van der Waals surface area contributed by atoms with Crippen molar-refractivity contribution in [3.8, 4) is 28.7 Å². The minimum absolute atomic E-state index is 0.294. The van der Waals surface area contributed by atoms with Gasteiger partial charge in [-0.25, -0.2) is 4.68 Å². The Labute approximate surface area is 214 Å². The summed E-state index contributed by atoms with van der Waals surface area (Å²) >= 11 is 0. The molecule has 9 nitrogen and oxygen atoms in total. The highest BCUT2D eigenvalue weighted by Gasteiger charge is 2.41. The first-order valence-electron chi connectivity index (χ1n) is 11.8. The van der Waals surface area contributed by atoms with Gasteiger partial charge >= 0.3 is 0 Å². The molecule has 2 aliphatic rings. The average Bonchev–Trinajstić information content (AvgIpc) is 3.43. The predicted molar refractivity (Wildman–Crippen MR) is 138 cm³/mol. The fraction of sp³-hybridized carbons (Fsp3) is 0.214. The summed E-state index contributed by atoms with van der Waals surface area (Å²) in [7, 11) is 6.45. The van der Waals surface area contributed by atoms with Gasteiger partial charge in [-0.05, 0) is 42.0 Å². The van der Waals surface area contributed by atoms with Gasteiger partial charge in [-0.15, -0.1) is 0 Å². The number of fused-ring (bicyclic) bond motifs is 3. The molecule has 1 N–H and O–H groups in total. The molecule has 2 aliphatic heterocycles. The van der Waals surface area contributed by atoms with Crippen LogP contribution in [-0.4, -0.2) is 43.2 Å². The smallest absolute Gasteiger partial charge is 0.226 e. The summed E-state index contributed by atoms with van der Waals surface area (Å²) in [4.78, 5) is 4.49. The van der Waals surface area contributed by atoms with Crippen LogP contribution >= 0.6 is 0 Å². The maximum absolute atomic E-state index is 6.71. The lowest BCUT2D eigenvalue weighted by molar-refractivity contribution is 0.221. The molecule has 0 aliphatic carbocycles. The maximum Gasteiger partial charge on any atom is 0.226 e. The van der Waals surface area contributed by atoms with Crippen molar-refractivity contribution in [2.45, 2.75) is 12.1 Å². The summed E-state index contributed by atoms with van der Waals surface area (Å²) < 4.78 is 30.9. The molecule has 3 heterocycles. The predicted octanol–water partition coefficient (Wildman–Crippen LogP) is 4.87. The van der Waals surface area contributed by atoms with E-state index >= 15 is 0 Å². The van der Waals surface area contributed by atoms with E-state index < -0.39 is 6.10 Å². The van der Waals surface area contributed by atoms with Crippen LogP contribution in [0.25, 0.3) is 5.70 Å². The normalized spacial score (nSPS) is 17.5. The van der Waals surface area contributed by atoms with Crippen molar-refractivity contribution in [2.24, 2.45) is 0 Å². The lowest BCUT2D eigenvalue weighted by atomic mass is 9.84. The number of anilines is 1. The van der Waals surface area contributed by atoms with E-state index in [9.17, 15) is 0 Å². The Hall–Kier alpha value is -4.66. The van der Waals surface area contributed by atoms with E-state index in [0.717, 1.165) is 39.5 Å². The van der Waals surface area contributed by atoms with Crippen molar-refractivity contribution >= 4 is 11.6 Å². The Balaban J connectivity index is 1.60. The molecule has 0 radical (unpaired) electrons. The van der Waals surface area contributed by atoms with Crippen LogP contribution in [0.4, 0.5) is 5.95 Å². The number of hydrogen-bond acceptors (Lipinski definition) is 8. The van der Waals surface area contributed by atoms with E-state index in [2.05, 4.69) is 15.4 Å². The van der Waals surface area contributed by atoms with Crippen molar-refractivity contribution in [1.82, 2.24) is 14.8 Å². The number of aromatic nitrogens is 3. The van der Waals surface area contributed by atoms with Gasteiger partial charge in [0.25, 0.3) is 0 Å². The number of methoxy groups -OCH3 is 4. The largest absolute Gasteiger partial charge is 0.497 e. The summed E-state index contributed by atoms with van der Waals surface area (Å²) in [6.07, 6.45) is 1.06. The molecule has 188 valence electrons.